The molecule has 3 aromatic rings. The second-order valence-corrected chi connectivity index (χ2v) is 11.6. The maximum absolute atomic E-state index is 13.4. The Morgan fingerprint density at radius 3 is 2.24 bits per heavy atom. The normalized spacial score (nSPS) is 11.2. The van der Waals surface area contributed by atoms with Crippen molar-refractivity contribution < 1.29 is 13.2 Å². The minimum atomic E-state index is -3.91. The highest BCUT2D eigenvalue weighted by Gasteiger charge is 2.27. The van der Waals surface area contributed by atoms with Crippen molar-refractivity contribution in [2.75, 3.05) is 23.1 Å². The topological polar surface area (TPSA) is 66.5 Å². The van der Waals surface area contributed by atoms with Crippen molar-refractivity contribution in [2.24, 2.45) is 0 Å². The molecule has 174 valence electrons. The summed E-state index contributed by atoms with van der Waals surface area (Å²) in [6.07, 6.45) is 0.784. The maximum atomic E-state index is 13.4. The first-order valence-corrected chi connectivity index (χ1v) is 13.8. The van der Waals surface area contributed by atoms with Crippen molar-refractivity contribution in [3.8, 4) is 0 Å². The predicted molar refractivity (Wildman–Crippen MR) is 139 cm³/mol. The van der Waals surface area contributed by atoms with Crippen LogP contribution in [0.25, 0.3) is 0 Å². The summed E-state index contributed by atoms with van der Waals surface area (Å²) >= 11 is 5.12. The number of hydrogen-bond donors (Lipinski definition) is 1. The molecular weight excluding hydrogens is 520 g/mol. The lowest BCUT2D eigenvalue weighted by Crippen LogP contribution is -2.41. The van der Waals surface area contributed by atoms with Gasteiger partial charge in [0.1, 0.15) is 6.54 Å². The van der Waals surface area contributed by atoms with E-state index in [1.165, 1.54) is 10.5 Å². The van der Waals surface area contributed by atoms with Crippen LogP contribution in [0.4, 0.5) is 5.69 Å². The average molecular weight is 548 g/mol. The Bertz CT molecular complexity index is 1180. The van der Waals surface area contributed by atoms with Crippen LogP contribution >= 0.6 is 27.7 Å². The van der Waals surface area contributed by atoms with Crippen LogP contribution in [0.15, 0.2) is 87.1 Å². The zero-order chi connectivity index (χ0) is 23.8. The van der Waals surface area contributed by atoms with E-state index in [1.807, 2.05) is 13.0 Å². The Kier molecular flexibility index (Phi) is 9.00. The molecule has 1 amide bonds. The minimum Gasteiger partial charge on any atom is -0.354 e. The third-order valence-corrected chi connectivity index (χ3v) is 8.31. The summed E-state index contributed by atoms with van der Waals surface area (Å²) < 4.78 is 28.6. The molecule has 0 aliphatic heterocycles. The van der Waals surface area contributed by atoms with E-state index < -0.39 is 10.0 Å². The van der Waals surface area contributed by atoms with Crippen LogP contribution in [-0.4, -0.2) is 33.2 Å². The minimum absolute atomic E-state index is 0.148. The van der Waals surface area contributed by atoms with Gasteiger partial charge in [-0.15, -0.1) is 11.8 Å². The van der Waals surface area contributed by atoms with Gasteiger partial charge in [-0.2, -0.15) is 0 Å². The number of aryl methyl sites for hydroxylation is 2. The van der Waals surface area contributed by atoms with Gasteiger partial charge in [-0.25, -0.2) is 8.42 Å². The van der Waals surface area contributed by atoms with Gasteiger partial charge in [0.15, 0.2) is 0 Å². The van der Waals surface area contributed by atoms with Gasteiger partial charge < -0.3 is 5.32 Å². The van der Waals surface area contributed by atoms with Crippen LogP contribution < -0.4 is 9.62 Å². The van der Waals surface area contributed by atoms with Gasteiger partial charge in [-0.05, 0) is 68.5 Å². The fourth-order valence-electron chi connectivity index (χ4n) is 3.09. The third-order valence-electron chi connectivity index (χ3n) is 4.93. The predicted octanol–water partition coefficient (Wildman–Crippen LogP) is 5.56. The molecule has 0 aliphatic rings. The summed E-state index contributed by atoms with van der Waals surface area (Å²) in [6, 6.07) is 21.9. The number of sulfonamides is 1. The van der Waals surface area contributed by atoms with Crippen molar-refractivity contribution in [3.05, 3.63) is 88.4 Å². The van der Waals surface area contributed by atoms with E-state index in [4.69, 9.17) is 0 Å². The van der Waals surface area contributed by atoms with Crippen LogP contribution in [0.2, 0.25) is 0 Å². The highest BCUT2D eigenvalue weighted by Crippen LogP contribution is 2.26. The molecule has 0 bridgehead atoms. The molecule has 0 heterocycles. The number of benzene rings is 3. The highest BCUT2D eigenvalue weighted by molar-refractivity contribution is 9.10. The van der Waals surface area contributed by atoms with E-state index in [9.17, 15) is 13.2 Å². The molecule has 0 atom stereocenters. The molecule has 0 aliphatic carbocycles. The molecule has 0 saturated heterocycles. The lowest BCUT2D eigenvalue weighted by molar-refractivity contribution is -0.119. The smallest absolute Gasteiger partial charge is 0.264 e. The third kappa shape index (κ3) is 7.35. The number of nitrogens with zero attached hydrogens (tertiary/aromatic N) is 1. The zero-order valence-electron chi connectivity index (χ0n) is 18.6. The summed E-state index contributed by atoms with van der Waals surface area (Å²) in [4.78, 5) is 14.0. The molecule has 0 unspecified atom stereocenters. The second kappa shape index (κ2) is 11.7. The first-order chi connectivity index (χ1) is 15.8. The summed E-state index contributed by atoms with van der Waals surface area (Å²) in [6.45, 7) is 4.14. The van der Waals surface area contributed by atoms with Gasteiger partial charge in [-0.3, -0.25) is 9.10 Å². The van der Waals surface area contributed by atoms with E-state index in [1.54, 1.807) is 54.2 Å². The second-order valence-electron chi connectivity index (χ2n) is 7.67. The fourth-order valence-corrected chi connectivity index (χ4v) is 5.75. The maximum Gasteiger partial charge on any atom is 0.264 e. The number of nitrogens with one attached hydrogen (secondary N) is 1. The molecule has 0 spiro atoms. The Morgan fingerprint density at radius 1 is 0.970 bits per heavy atom. The van der Waals surface area contributed by atoms with Gasteiger partial charge in [-0.1, -0.05) is 57.4 Å². The molecule has 33 heavy (non-hydrogen) atoms. The molecule has 0 fully saturated rings. The molecule has 0 saturated carbocycles. The summed E-state index contributed by atoms with van der Waals surface area (Å²) in [5.41, 5.74) is 2.61. The highest BCUT2D eigenvalue weighted by atomic mass is 79.9. The van der Waals surface area contributed by atoms with Gasteiger partial charge >= 0.3 is 0 Å². The first kappa shape index (κ1) is 25.3. The molecule has 5 nitrogen and oxygen atoms in total. The molecule has 3 rings (SSSR count). The van der Waals surface area contributed by atoms with E-state index in [0.717, 1.165) is 26.5 Å². The van der Waals surface area contributed by atoms with E-state index in [0.29, 0.717) is 12.2 Å². The molecule has 8 heteroatoms. The summed E-state index contributed by atoms with van der Waals surface area (Å²) in [7, 11) is -3.91. The van der Waals surface area contributed by atoms with Gasteiger partial charge in [0, 0.05) is 15.9 Å². The number of hydrogen-bond acceptors (Lipinski definition) is 4. The molecule has 0 radical (unpaired) electrons. The average Bonchev–Trinajstić information content (AvgIpc) is 2.78. The van der Waals surface area contributed by atoms with Crippen LogP contribution in [-0.2, 0) is 14.8 Å². The van der Waals surface area contributed by atoms with Crippen molar-refractivity contribution in [1.29, 1.82) is 0 Å². The number of carbonyl (C=O) groups is 1. The van der Waals surface area contributed by atoms with Crippen molar-refractivity contribution >= 4 is 49.3 Å². The fraction of sp³-hybridized carbons (Fsp3) is 0.240. The van der Waals surface area contributed by atoms with Crippen molar-refractivity contribution in [3.63, 3.8) is 0 Å². The monoisotopic (exact) mass is 546 g/mol. The largest absolute Gasteiger partial charge is 0.354 e. The molecule has 0 aromatic heterocycles. The number of anilines is 1. The lowest BCUT2D eigenvalue weighted by Gasteiger charge is -2.24. The lowest BCUT2D eigenvalue weighted by atomic mass is 10.2. The Balaban J connectivity index is 1.64. The SMILES string of the molecule is Cc1ccc(SCCCNC(=O)CN(c2cccc(Br)c2)S(=O)(=O)c2ccc(C)cc2)cc1. The van der Waals surface area contributed by atoms with Crippen LogP contribution in [0.3, 0.4) is 0 Å². The van der Waals surface area contributed by atoms with Crippen LogP contribution in [0.1, 0.15) is 17.5 Å². The Hall–Kier alpha value is -2.29. The first-order valence-electron chi connectivity index (χ1n) is 10.6. The quantitative estimate of drug-likeness (QED) is 0.267. The standard InChI is InChI=1S/C25H27BrN2O3S2/c1-19-7-11-23(12-8-19)32-16-4-15-27-25(29)18-28(22-6-3-5-21(26)17-22)33(30,31)24-13-9-20(2)10-14-24/h3,5-14,17H,4,15-16,18H2,1-2H3,(H,27,29). The number of amides is 1. The van der Waals surface area contributed by atoms with E-state index in [-0.39, 0.29) is 17.3 Å². The zero-order valence-corrected chi connectivity index (χ0v) is 21.8. The van der Waals surface area contributed by atoms with Gasteiger partial charge in [0.25, 0.3) is 10.0 Å². The number of thioether (sulfide) groups is 1. The summed E-state index contributed by atoms with van der Waals surface area (Å²) in [5, 5.41) is 2.86. The van der Waals surface area contributed by atoms with Gasteiger partial charge in [0.2, 0.25) is 5.91 Å². The van der Waals surface area contributed by atoms with E-state index >= 15 is 0 Å². The Labute approximate surface area is 208 Å². The molecule has 3 aromatic carbocycles. The van der Waals surface area contributed by atoms with Gasteiger partial charge in [0.05, 0.1) is 10.6 Å². The molecular formula is C25H27BrN2O3S2. The number of halogens is 1. The van der Waals surface area contributed by atoms with Crippen molar-refractivity contribution in [2.45, 2.75) is 30.1 Å². The summed E-state index contributed by atoms with van der Waals surface area (Å²) in [5.74, 6) is 0.520. The number of carbonyl (C=O) groups excluding carboxylic acids is 1. The molecule has 1 N–H and O–H groups in total. The van der Waals surface area contributed by atoms with E-state index in [2.05, 4.69) is 52.4 Å². The number of rotatable bonds is 10. The van der Waals surface area contributed by atoms with Crippen LogP contribution in [0.5, 0.6) is 0 Å². The Morgan fingerprint density at radius 2 is 1.61 bits per heavy atom. The van der Waals surface area contributed by atoms with Crippen LogP contribution in [0, 0.1) is 13.8 Å². The van der Waals surface area contributed by atoms with Crippen molar-refractivity contribution in [1.82, 2.24) is 5.32 Å².